The SMILES string of the molecule is CC(O)c1ccc(N(C)C2CC2)cn1. The smallest absolute Gasteiger partial charge is 0.0931 e. The van der Waals surface area contributed by atoms with Crippen molar-refractivity contribution in [1.82, 2.24) is 4.98 Å². The van der Waals surface area contributed by atoms with Crippen LogP contribution in [0.5, 0.6) is 0 Å². The van der Waals surface area contributed by atoms with Crippen molar-refractivity contribution >= 4 is 5.69 Å². The average molecular weight is 192 g/mol. The summed E-state index contributed by atoms with van der Waals surface area (Å²) in [6.07, 6.45) is 3.93. The van der Waals surface area contributed by atoms with Crippen LogP contribution < -0.4 is 4.90 Å². The highest BCUT2D eigenvalue weighted by molar-refractivity contribution is 5.46. The van der Waals surface area contributed by atoms with Gasteiger partial charge in [-0.1, -0.05) is 0 Å². The molecular formula is C11H16N2O. The third-order valence-corrected chi connectivity index (χ3v) is 2.70. The number of hydrogen-bond acceptors (Lipinski definition) is 3. The number of aliphatic hydroxyl groups excluding tert-OH is 1. The molecule has 1 aromatic rings. The molecular weight excluding hydrogens is 176 g/mol. The maximum atomic E-state index is 9.30. The van der Waals surface area contributed by atoms with Gasteiger partial charge in [0.05, 0.1) is 23.7 Å². The largest absolute Gasteiger partial charge is 0.387 e. The first-order chi connectivity index (χ1) is 6.68. The predicted octanol–water partition coefficient (Wildman–Crippen LogP) is 1.73. The Kier molecular flexibility index (Phi) is 2.42. The lowest BCUT2D eigenvalue weighted by Crippen LogP contribution is -2.19. The third-order valence-electron chi connectivity index (χ3n) is 2.70. The van der Waals surface area contributed by atoms with Crippen LogP contribution in [-0.4, -0.2) is 23.2 Å². The lowest BCUT2D eigenvalue weighted by molar-refractivity contribution is 0.194. The molecule has 1 N–H and O–H groups in total. The number of nitrogens with zero attached hydrogens (tertiary/aromatic N) is 2. The van der Waals surface area contributed by atoms with Crippen LogP contribution in [0.2, 0.25) is 0 Å². The van der Waals surface area contributed by atoms with E-state index in [0.717, 1.165) is 11.4 Å². The van der Waals surface area contributed by atoms with Crippen LogP contribution in [0.4, 0.5) is 5.69 Å². The van der Waals surface area contributed by atoms with Gasteiger partial charge in [0.2, 0.25) is 0 Å². The Morgan fingerprint density at radius 3 is 2.64 bits per heavy atom. The van der Waals surface area contributed by atoms with Gasteiger partial charge >= 0.3 is 0 Å². The zero-order chi connectivity index (χ0) is 10.1. The van der Waals surface area contributed by atoms with E-state index in [9.17, 15) is 5.11 Å². The van der Waals surface area contributed by atoms with Crippen molar-refractivity contribution in [3.63, 3.8) is 0 Å². The predicted molar refractivity (Wildman–Crippen MR) is 56.3 cm³/mol. The molecule has 0 spiro atoms. The molecule has 1 fully saturated rings. The Morgan fingerprint density at radius 2 is 2.21 bits per heavy atom. The van der Waals surface area contributed by atoms with Crippen LogP contribution in [0.25, 0.3) is 0 Å². The van der Waals surface area contributed by atoms with E-state index in [1.165, 1.54) is 12.8 Å². The molecule has 1 heterocycles. The highest BCUT2D eigenvalue weighted by Crippen LogP contribution is 2.29. The van der Waals surface area contributed by atoms with Crippen LogP contribution in [0.15, 0.2) is 18.3 Å². The molecule has 3 heteroatoms. The molecule has 1 saturated carbocycles. The Labute approximate surface area is 84.4 Å². The summed E-state index contributed by atoms with van der Waals surface area (Å²) < 4.78 is 0. The Bertz CT molecular complexity index is 304. The van der Waals surface area contributed by atoms with Crippen molar-refractivity contribution in [3.05, 3.63) is 24.0 Å². The number of pyridine rings is 1. The second-order valence-electron chi connectivity index (χ2n) is 3.96. The molecule has 0 aromatic carbocycles. The average Bonchev–Trinajstić information content (AvgIpc) is 3.00. The fourth-order valence-electron chi connectivity index (χ4n) is 1.53. The summed E-state index contributed by atoms with van der Waals surface area (Å²) in [6.45, 7) is 1.73. The van der Waals surface area contributed by atoms with Crippen molar-refractivity contribution in [2.45, 2.75) is 31.9 Å². The minimum absolute atomic E-state index is 0.477. The van der Waals surface area contributed by atoms with Crippen molar-refractivity contribution in [3.8, 4) is 0 Å². The van der Waals surface area contributed by atoms with Gasteiger partial charge in [-0.3, -0.25) is 4.98 Å². The molecule has 0 amide bonds. The molecule has 3 nitrogen and oxygen atoms in total. The lowest BCUT2D eigenvalue weighted by Gasteiger charge is -2.18. The van der Waals surface area contributed by atoms with Gasteiger partial charge < -0.3 is 10.0 Å². The molecule has 0 bridgehead atoms. The summed E-state index contributed by atoms with van der Waals surface area (Å²) >= 11 is 0. The lowest BCUT2D eigenvalue weighted by atomic mass is 10.2. The van der Waals surface area contributed by atoms with E-state index in [1.54, 1.807) is 6.92 Å². The summed E-state index contributed by atoms with van der Waals surface area (Å²) in [6, 6.07) is 4.61. The molecule has 1 aliphatic carbocycles. The number of aromatic nitrogens is 1. The van der Waals surface area contributed by atoms with E-state index < -0.39 is 6.10 Å². The molecule has 0 radical (unpaired) electrons. The van der Waals surface area contributed by atoms with Crippen LogP contribution >= 0.6 is 0 Å². The second kappa shape index (κ2) is 3.58. The molecule has 1 atom stereocenters. The van der Waals surface area contributed by atoms with E-state index in [1.807, 2.05) is 18.3 Å². The molecule has 2 rings (SSSR count). The fraction of sp³-hybridized carbons (Fsp3) is 0.545. The van der Waals surface area contributed by atoms with Gasteiger partial charge in [0.1, 0.15) is 0 Å². The normalized spacial score (nSPS) is 17.9. The highest BCUT2D eigenvalue weighted by Gasteiger charge is 2.26. The van der Waals surface area contributed by atoms with Crippen LogP contribution in [0, 0.1) is 0 Å². The Balaban J connectivity index is 2.12. The highest BCUT2D eigenvalue weighted by atomic mass is 16.3. The fourth-order valence-corrected chi connectivity index (χ4v) is 1.53. The molecule has 0 saturated heterocycles. The van der Waals surface area contributed by atoms with Gasteiger partial charge in [-0.2, -0.15) is 0 Å². The summed E-state index contributed by atoms with van der Waals surface area (Å²) in [5.41, 5.74) is 1.87. The zero-order valence-corrected chi connectivity index (χ0v) is 8.64. The van der Waals surface area contributed by atoms with Gasteiger partial charge in [0.25, 0.3) is 0 Å². The summed E-state index contributed by atoms with van der Waals surface area (Å²) in [7, 11) is 2.09. The monoisotopic (exact) mass is 192 g/mol. The summed E-state index contributed by atoms with van der Waals surface area (Å²) in [4.78, 5) is 6.47. The molecule has 0 aliphatic heterocycles. The van der Waals surface area contributed by atoms with Crippen molar-refractivity contribution in [2.24, 2.45) is 0 Å². The zero-order valence-electron chi connectivity index (χ0n) is 8.64. The summed E-state index contributed by atoms with van der Waals surface area (Å²) in [5, 5.41) is 9.30. The first-order valence-corrected chi connectivity index (χ1v) is 5.05. The maximum Gasteiger partial charge on any atom is 0.0931 e. The Morgan fingerprint density at radius 1 is 1.50 bits per heavy atom. The minimum Gasteiger partial charge on any atom is -0.387 e. The van der Waals surface area contributed by atoms with Gasteiger partial charge in [-0.15, -0.1) is 0 Å². The van der Waals surface area contributed by atoms with E-state index in [2.05, 4.69) is 16.9 Å². The summed E-state index contributed by atoms with van der Waals surface area (Å²) in [5.74, 6) is 0. The molecule has 1 unspecified atom stereocenters. The quantitative estimate of drug-likeness (QED) is 0.792. The van der Waals surface area contributed by atoms with E-state index >= 15 is 0 Å². The van der Waals surface area contributed by atoms with Crippen LogP contribution in [0.3, 0.4) is 0 Å². The number of aliphatic hydroxyl groups is 1. The van der Waals surface area contributed by atoms with E-state index in [-0.39, 0.29) is 0 Å². The number of hydrogen-bond donors (Lipinski definition) is 1. The standard InChI is InChI=1S/C11H16N2O/c1-8(14)11-6-5-10(7-12-11)13(2)9-3-4-9/h5-9,14H,3-4H2,1-2H3. The first-order valence-electron chi connectivity index (χ1n) is 5.05. The van der Waals surface area contributed by atoms with Crippen molar-refractivity contribution < 1.29 is 5.11 Å². The first kappa shape index (κ1) is 9.46. The van der Waals surface area contributed by atoms with E-state index in [0.29, 0.717) is 6.04 Å². The molecule has 14 heavy (non-hydrogen) atoms. The number of rotatable bonds is 3. The molecule has 76 valence electrons. The second-order valence-corrected chi connectivity index (χ2v) is 3.96. The van der Waals surface area contributed by atoms with Crippen molar-refractivity contribution in [2.75, 3.05) is 11.9 Å². The van der Waals surface area contributed by atoms with Gasteiger partial charge in [-0.25, -0.2) is 0 Å². The molecule has 1 aliphatic rings. The number of anilines is 1. The third kappa shape index (κ3) is 1.87. The minimum atomic E-state index is -0.477. The van der Waals surface area contributed by atoms with Crippen LogP contribution in [0.1, 0.15) is 31.6 Å². The maximum absolute atomic E-state index is 9.30. The van der Waals surface area contributed by atoms with Gasteiger partial charge in [0, 0.05) is 13.1 Å². The topological polar surface area (TPSA) is 36.4 Å². The van der Waals surface area contributed by atoms with Crippen molar-refractivity contribution in [1.29, 1.82) is 0 Å². The van der Waals surface area contributed by atoms with E-state index in [4.69, 9.17) is 0 Å². The Hall–Kier alpha value is -1.09. The van der Waals surface area contributed by atoms with Crippen LogP contribution in [-0.2, 0) is 0 Å². The van der Waals surface area contributed by atoms with Gasteiger partial charge in [-0.05, 0) is 31.9 Å². The molecule has 1 aromatic heterocycles. The van der Waals surface area contributed by atoms with Gasteiger partial charge in [0.15, 0.2) is 0 Å².